The van der Waals surface area contributed by atoms with Gasteiger partial charge in [0.05, 0.1) is 5.60 Å². The Morgan fingerprint density at radius 1 is 1.40 bits per heavy atom. The summed E-state index contributed by atoms with van der Waals surface area (Å²) in [4.78, 5) is 18.2. The quantitative estimate of drug-likeness (QED) is 0.360. The molecule has 0 saturated carbocycles. The van der Waals surface area contributed by atoms with Gasteiger partial charge in [0.25, 0.3) is 0 Å². The molecule has 0 radical (unpaired) electrons. The fourth-order valence-electron chi connectivity index (χ4n) is 0.146. The van der Waals surface area contributed by atoms with Crippen LogP contribution in [0.3, 0.4) is 0 Å². The molecule has 0 bridgehead atoms. The third-order valence-corrected chi connectivity index (χ3v) is 0.447. The van der Waals surface area contributed by atoms with Crippen LogP contribution in [0.4, 0.5) is 4.79 Å². The van der Waals surface area contributed by atoms with E-state index in [9.17, 15) is 4.79 Å². The second kappa shape index (κ2) is 3.75. The Morgan fingerprint density at radius 3 is 2.20 bits per heavy atom. The Kier molecular flexibility index (Phi) is 3.63. The van der Waals surface area contributed by atoms with Crippen LogP contribution in [0.15, 0.2) is 0 Å². The normalized spacial score (nSPS) is 11.2. The van der Waals surface area contributed by atoms with Crippen LogP contribution in [0, 0.1) is 0 Å². The van der Waals surface area contributed by atoms with Crippen molar-refractivity contribution in [2.75, 3.05) is 0 Å². The van der Waals surface area contributed by atoms with Crippen molar-refractivity contribution in [3.63, 3.8) is 0 Å². The fourth-order valence-corrected chi connectivity index (χ4v) is 0.172. The largest absolute Gasteiger partial charge is 0.438 e. The second-order valence-corrected chi connectivity index (χ2v) is 2.89. The van der Waals surface area contributed by atoms with Gasteiger partial charge in [-0.2, -0.15) is 4.89 Å². The van der Waals surface area contributed by atoms with E-state index in [1.165, 1.54) is 0 Å². The third kappa shape index (κ3) is 7.68. The van der Waals surface area contributed by atoms with E-state index in [-0.39, 0.29) is 0 Å². The first-order chi connectivity index (χ1) is 4.42. The minimum absolute atomic E-state index is 0.521. The second-order valence-electron chi connectivity index (χ2n) is 2.58. The van der Waals surface area contributed by atoms with E-state index in [0.29, 0.717) is 0 Å². The van der Waals surface area contributed by atoms with Crippen molar-refractivity contribution in [3.05, 3.63) is 0 Å². The van der Waals surface area contributed by atoms with Gasteiger partial charge >= 0.3 is 5.43 Å². The van der Waals surface area contributed by atoms with Crippen molar-refractivity contribution in [1.82, 2.24) is 0 Å². The van der Waals surface area contributed by atoms with E-state index in [2.05, 4.69) is 14.8 Å². The molecule has 0 rings (SSSR count). The standard InChI is InChI=1S/C5H9ClO4/c1-5(2,3)9-10-8-4(6)7/h1-3H3. The first-order valence-electron chi connectivity index (χ1n) is 2.63. The Morgan fingerprint density at radius 2 is 1.90 bits per heavy atom. The SMILES string of the molecule is CC(C)(C)OOOC(=O)Cl. The number of carbonyl (C=O) groups excluding carboxylic acids is 1. The maximum Gasteiger partial charge on any atom is 0.438 e. The van der Waals surface area contributed by atoms with Crippen LogP contribution < -0.4 is 0 Å². The van der Waals surface area contributed by atoms with Gasteiger partial charge in [-0.05, 0) is 25.8 Å². The summed E-state index contributed by atoms with van der Waals surface area (Å²) in [5.74, 6) is 0. The molecule has 10 heavy (non-hydrogen) atoms. The van der Waals surface area contributed by atoms with Crippen molar-refractivity contribution in [2.24, 2.45) is 0 Å². The van der Waals surface area contributed by atoms with Crippen LogP contribution in [-0.4, -0.2) is 11.0 Å². The zero-order valence-corrected chi connectivity index (χ0v) is 6.77. The lowest BCUT2D eigenvalue weighted by atomic mass is 10.2. The molecule has 0 fully saturated rings. The maximum absolute atomic E-state index is 9.87. The molecule has 5 heteroatoms. The number of hydrogen-bond acceptors (Lipinski definition) is 4. The summed E-state index contributed by atoms with van der Waals surface area (Å²) < 4.78 is 0. The molecule has 0 saturated heterocycles. The molecule has 0 atom stereocenters. The lowest BCUT2D eigenvalue weighted by Gasteiger charge is -2.14. The minimum atomic E-state index is -1.07. The highest BCUT2D eigenvalue weighted by Gasteiger charge is 2.12. The van der Waals surface area contributed by atoms with E-state index < -0.39 is 11.0 Å². The average molecular weight is 169 g/mol. The van der Waals surface area contributed by atoms with Crippen molar-refractivity contribution in [2.45, 2.75) is 26.4 Å². The molecule has 0 aromatic rings. The highest BCUT2D eigenvalue weighted by atomic mass is 35.5. The smallest absolute Gasteiger partial charge is 0.250 e. The van der Waals surface area contributed by atoms with Gasteiger partial charge in [-0.3, -0.25) is 4.89 Å². The van der Waals surface area contributed by atoms with E-state index in [1.54, 1.807) is 20.8 Å². The Hall–Kier alpha value is -0.320. The van der Waals surface area contributed by atoms with Crippen molar-refractivity contribution < 1.29 is 19.6 Å². The van der Waals surface area contributed by atoms with Crippen LogP contribution in [-0.2, 0) is 14.8 Å². The lowest BCUT2D eigenvalue weighted by Crippen LogP contribution is -2.19. The first-order valence-corrected chi connectivity index (χ1v) is 3.01. The number of rotatable bonds is 2. The lowest BCUT2D eigenvalue weighted by molar-refractivity contribution is -0.507. The van der Waals surface area contributed by atoms with Crippen LogP contribution in [0.2, 0.25) is 0 Å². The third-order valence-electron chi connectivity index (χ3n) is 0.384. The molecule has 60 valence electrons. The number of hydrogen-bond donors (Lipinski definition) is 0. The molecule has 0 spiro atoms. The summed E-state index contributed by atoms with van der Waals surface area (Å²) in [6.07, 6.45) is 0. The Balaban J connectivity index is 3.29. The Bertz CT molecular complexity index is 117. The number of carbonyl (C=O) groups is 1. The molecule has 0 aromatic heterocycles. The van der Waals surface area contributed by atoms with E-state index in [1.807, 2.05) is 0 Å². The summed E-state index contributed by atoms with van der Waals surface area (Å²) in [6.45, 7) is 5.19. The van der Waals surface area contributed by atoms with Crippen LogP contribution in [0.25, 0.3) is 0 Å². The van der Waals surface area contributed by atoms with E-state index in [4.69, 9.17) is 11.6 Å². The first kappa shape index (κ1) is 9.68. The summed E-state index contributed by atoms with van der Waals surface area (Å²) in [5.41, 5.74) is -1.59. The highest BCUT2D eigenvalue weighted by molar-refractivity contribution is 6.61. The summed E-state index contributed by atoms with van der Waals surface area (Å²) in [5, 5.41) is 3.98. The van der Waals surface area contributed by atoms with Gasteiger partial charge in [0.2, 0.25) is 0 Å². The molecular weight excluding hydrogens is 160 g/mol. The molecule has 0 aromatic carbocycles. The monoisotopic (exact) mass is 168 g/mol. The Labute approximate surface area is 63.9 Å². The maximum atomic E-state index is 9.87. The van der Waals surface area contributed by atoms with Gasteiger partial charge in [-0.15, -0.1) is 0 Å². The van der Waals surface area contributed by atoms with E-state index in [0.717, 1.165) is 0 Å². The summed E-state index contributed by atoms with van der Waals surface area (Å²) in [7, 11) is 0. The predicted molar refractivity (Wildman–Crippen MR) is 34.3 cm³/mol. The zero-order chi connectivity index (χ0) is 8.20. The molecule has 0 aliphatic carbocycles. The van der Waals surface area contributed by atoms with Crippen molar-refractivity contribution >= 4 is 17.0 Å². The van der Waals surface area contributed by atoms with Gasteiger partial charge < -0.3 is 0 Å². The fraction of sp³-hybridized carbons (Fsp3) is 0.800. The topological polar surface area (TPSA) is 44.8 Å². The van der Waals surface area contributed by atoms with Gasteiger partial charge in [-0.1, -0.05) is 0 Å². The van der Waals surface area contributed by atoms with Crippen LogP contribution in [0.5, 0.6) is 0 Å². The molecule has 0 amide bonds. The molecule has 0 heterocycles. The van der Waals surface area contributed by atoms with E-state index >= 15 is 0 Å². The van der Waals surface area contributed by atoms with Crippen molar-refractivity contribution in [1.29, 1.82) is 0 Å². The molecular formula is C5H9ClO4. The van der Waals surface area contributed by atoms with Gasteiger partial charge in [0, 0.05) is 11.6 Å². The number of halogens is 1. The summed E-state index contributed by atoms with van der Waals surface area (Å²) in [6, 6.07) is 0. The summed E-state index contributed by atoms with van der Waals surface area (Å²) >= 11 is 4.74. The molecule has 0 aliphatic rings. The zero-order valence-electron chi connectivity index (χ0n) is 6.01. The molecule has 0 unspecified atom stereocenters. The van der Waals surface area contributed by atoms with Gasteiger partial charge in [0.15, 0.2) is 0 Å². The molecule has 0 aliphatic heterocycles. The van der Waals surface area contributed by atoms with Gasteiger partial charge in [-0.25, -0.2) is 4.79 Å². The van der Waals surface area contributed by atoms with Gasteiger partial charge in [0.1, 0.15) is 0 Å². The average Bonchev–Trinajstić information content (AvgIpc) is 1.59. The van der Waals surface area contributed by atoms with Crippen LogP contribution >= 0.6 is 11.6 Å². The highest BCUT2D eigenvalue weighted by Crippen LogP contribution is 2.07. The predicted octanol–water partition coefficient (Wildman–Crippen LogP) is 2.02. The van der Waals surface area contributed by atoms with Crippen LogP contribution in [0.1, 0.15) is 20.8 Å². The molecule has 0 N–H and O–H groups in total. The minimum Gasteiger partial charge on any atom is -0.250 e. The van der Waals surface area contributed by atoms with Crippen molar-refractivity contribution in [3.8, 4) is 0 Å². The molecule has 4 nitrogen and oxygen atoms in total.